The van der Waals surface area contributed by atoms with Crippen LogP contribution in [0.15, 0.2) is 0 Å². The van der Waals surface area contributed by atoms with Crippen LogP contribution in [0.3, 0.4) is 0 Å². The molecule has 1 aliphatic carbocycles. The maximum Gasteiger partial charge on any atom is 0.0866 e. The monoisotopic (exact) mass is 146 g/mol. The maximum absolute atomic E-state index is 9.21. The van der Waals surface area contributed by atoms with E-state index in [9.17, 15) is 5.11 Å². The zero-order valence-electron chi connectivity index (χ0n) is 5.77. The molecule has 0 saturated heterocycles. The molecule has 6 N–H and O–H groups in total. The summed E-state index contributed by atoms with van der Waals surface area (Å²) in [6.45, 7) is 0. The number of nitrogens with two attached hydrogens (primary N) is 2. The highest BCUT2D eigenvalue weighted by Crippen LogP contribution is 2.16. The van der Waals surface area contributed by atoms with Gasteiger partial charge < -0.3 is 21.7 Å². The first-order valence-corrected chi connectivity index (χ1v) is 3.50. The normalized spacial score (nSPS) is 49.2. The summed E-state index contributed by atoms with van der Waals surface area (Å²) in [5, 5.41) is 18.3. The fraction of sp³-hybridized carbons (Fsp3) is 1.00. The Morgan fingerprint density at radius 3 is 2.20 bits per heavy atom. The van der Waals surface area contributed by atoms with Gasteiger partial charge in [0.05, 0.1) is 18.2 Å². The van der Waals surface area contributed by atoms with Crippen molar-refractivity contribution in [1.82, 2.24) is 0 Å². The average Bonchev–Trinajstić information content (AvgIpc) is 1.93. The summed E-state index contributed by atoms with van der Waals surface area (Å²) >= 11 is 0. The van der Waals surface area contributed by atoms with Crippen LogP contribution in [0, 0.1) is 0 Å². The smallest absolute Gasteiger partial charge is 0.0866 e. The van der Waals surface area contributed by atoms with E-state index in [1.807, 2.05) is 0 Å². The van der Waals surface area contributed by atoms with E-state index < -0.39 is 18.2 Å². The highest BCUT2D eigenvalue weighted by atomic mass is 16.3. The van der Waals surface area contributed by atoms with Gasteiger partial charge in [-0.1, -0.05) is 0 Å². The second-order valence-electron chi connectivity index (χ2n) is 2.88. The Morgan fingerprint density at radius 1 is 1.10 bits per heavy atom. The minimum absolute atomic E-state index is 0.265. The van der Waals surface area contributed by atoms with Gasteiger partial charge in [-0.2, -0.15) is 0 Å². The Morgan fingerprint density at radius 2 is 1.70 bits per heavy atom. The van der Waals surface area contributed by atoms with Gasteiger partial charge >= 0.3 is 0 Å². The predicted molar refractivity (Wildman–Crippen MR) is 37.2 cm³/mol. The summed E-state index contributed by atoms with van der Waals surface area (Å²) < 4.78 is 0. The molecule has 0 radical (unpaired) electrons. The second-order valence-corrected chi connectivity index (χ2v) is 2.88. The fourth-order valence-electron chi connectivity index (χ4n) is 1.24. The molecule has 0 aromatic rings. The van der Waals surface area contributed by atoms with E-state index >= 15 is 0 Å². The zero-order chi connectivity index (χ0) is 7.72. The van der Waals surface area contributed by atoms with E-state index in [0.29, 0.717) is 12.8 Å². The highest BCUT2D eigenvalue weighted by molar-refractivity contribution is 4.91. The van der Waals surface area contributed by atoms with Crippen molar-refractivity contribution in [2.75, 3.05) is 0 Å². The third-order valence-electron chi connectivity index (χ3n) is 2.07. The Kier molecular flexibility index (Phi) is 2.25. The first-order chi connectivity index (χ1) is 4.63. The Hall–Kier alpha value is -0.160. The van der Waals surface area contributed by atoms with Gasteiger partial charge in [-0.15, -0.1) is 0 Å². The molecular weight excluding hydrogens is 132 g/mol. The van der Waals surface area contributed by atoms with Crippen LogP contribution in [0.4, 0.5) is 0 Å². The van der Waals surface area contributed by atoms with Crippen molar-refractivity contribution < 1.29 is 10.2 Å². The minimum atomic E-state index is -0.747. The third kappa shape index (κ3) is 1.29. The zero-order valence-corrected chi connectivity index (χ0v) is 5.77. The quantitative estimate of drug-likeness (QED) is 0.323. The summed E-state index contributed by atoms with van der Waals surface area (Å²) in [7, 11) is 0. The summed E-state index contributed by atoms with van der Waals surface area (Å²) in [6, 6.07) is -0.831. The Balaban J connectivity index is 2.52. The van der Waals surface area contributed by atoms with Crippen LogP contribution in [0.25, 0.3) is 0 Å². The molecule has 0 amide bonds. The molecule has 60 valence electrons. The first kappa shape index (κ1) is 7.94. The lowest BCUT2D eigenvalue weighted by atomic mass is 9.87. The first-order valence-electron chi connectivity index (χ1n) is 3.50. The molecule has 1 unspecified atom stereocenters. The molecule has 1 saturated carbocycles. The lowest BCUT2D eigenvalue weighted by Gasteiger charge is -2.33. The summed E-state index contributed by atoms with van der Waals surface area (Å²) in [5.41, 5.74) is 10.9. The topological polar surface area (TPSA) is 92.5 Å². The maximum atomic E-state index is 9.21. The van der Waals surface area contributed by atoms with Gasteiger partial charge in [0.25, 0.3) is 0 Å². The van der Waals surface area contributed by atoms with Crippen molar-refractivity contribution in [2.24, 2.45) is 11.5 Å². The minimum Gasteiger partial charge on any atom is -0.391 e. The Labute approximate surface area is 59.8 Å². The molecule has 0 aliphatic heterocycles. The fourth-order valence-corrected chi connectivity index (χ4v) is 1.24. The van der Waals surface area contributed by atoms with Crippen LogP contribution in [0.2, 0.25) is 0 Å². The molecule has 1 aliphatic rings. The number of aliphatic hydroxyl groups is 2. The number of rotatable bonds is 0. The molecule has 4 nitrogen and oxygen atoms in total. The van der Waals surface area contributed by atoms with Crippen molar-refractivity contribution in [3.8, 4) is 0 Å². The van der Waals surface area contributed by atoms with Crippen molar-refractivity contribution in [3.63, 3.8) is 0 Å². The van der Waals surface area contributed by atoms with Crippen LogP contribution in [-0.4, -0.2) is 34.5 Å². The van der Waals surface area contributed by atoms with Gasteiger partial charge in [0.1, 0.15) is 0 Å². The summed E-state index contributed by atoms with van der Waals surface area (Å²) in [5.74, 6) is 0. The van der Waals surface area contributed by atoms with E-state index in [1.165, 1.54) is 0 Å². The summed E-state index contributed by atoms with van der Waals surface area (Å²) in [4.78, 5) is 0. The molecule has 0 heterocycles. The number of hydrogen-bond acceptors (Lipinski definition) is 4. The molecule has 0 aromatic carbocycles. The van der Waals surface area contributed by atoms with Gasteiger partial charge in [-0.25, -0.2) is 0 Å². The molecular formula is C6H14N2O2. The molecule has 0 spiro atoms. The van der Waals surface area contributed by atoms with Crippen molar-refractivity contribution in [1.29, 1.82) is 0 Å². The van der Waals surface area contributed by atoms with Gasteiger partial charge in [0, 0.05) is 6.04 Å². The summed E-state index contributed by atoms with van der Waals surface area (Å²) in [6.07, 6.45) is -0.0892. The molecule has 0 aromatic heterocycles. The molecule has 4 heteroatoms. The van der Waals surface area contributed by atoms with E-state index in [2.05, 4.69) is 0 Å². The van der Waals surface area contributed by atoms with E-state index in [-0.39, 0.29) is 6.04 Å². The average molecular weight is 146 g/mol. The number of aliphatic hydroxyl groups excluding tert-OH is 2. The van der Waals surface area contributed by atoms with Crippen LogP contribution in [0.5, 0.6) is 0 Å². The van der Waals surface area contributed by atoms with Gasteiger partial charge in [0.2, 0.25) is 0 Å². The molecule has 0 bridgehead atoms. The molecule has 1 rings (SSSR count). The molecule has 1 fully saturated rings. The van der Waals surface area contributed by atoms with Crippen LogP contribution < -0.4 is 11.5 Å². The Bertz CT molecular complexity index is 106. The largest absolute Gasteiger partial charge is 0.391 e. The highest BCUT2D eigenvalue weighted by Gasteiger charge is 2.32. The SMILES string of the molecule is N[C@@H]1CCC(O)[C@H](N)[C@H]1O. The number of hydrogen-bond donors (Lipinski definition) is 4. The standard InChI is InChI=1S/C6H14N2O2/c7-3-1-2-4(9)5(8)6(3)10/h3-6,9-10H,1-2,7-8H2/t3-,4?,5+,6+/m1/s1. The third-order valence-corrected chi connectivity index (χ3v) is 2.07. The van der Waals surface area contributed by atoms with E-state index in [1.54, 1.807) is 0 Å². The van der Waals surface area contributed by atoms with Gasteiger partial charge in [0.15, 0.2) is 0 Å². The van der Waals surface area contributed by atoms with Crippen molar-refractivity contribution in [3.05, 3.63) is 0 Å². The van der Waals surface area contributed by atoms with E-state index in [4.69, 9.17) is 16.6 Å². The molecule has 10 heavy (non-hydrogen) atoms. The van der Waals surface area contributed by atoms with Crippen molar-refractivity contribution in [2.45, 2.75) is 37.1 Å². The van der Waals surface area contributed by atoms with Crippen molar-refractivity contribution >= 4 is 0 Å². The van der Waals surface area contributed by atoms with Gasteiger partial charge in [-0.3, -0.25) is 0 Å². The lowest BCUT2D eigenvalue weighted by Crippen LogP contribution is -2.56. The van der Waals surface area contributed by atoms with Crippen LogP contribution in [-0.2, 0) is 0 Å². The molecule has 4 atom stereocenters. The van der Waals surface area contributed by atoms with Crippen LogP contribution >= 0.6 is 0 Å². The van der Waals surface area contributed by atoms with Crippen LogP contribution in [0.1, 0.15) is 12.8 Å². The van der Waals surface area contributed by atoms with E-state index in [0.717, 1.165) is 0 Å². The lowest BCUT2D eigenvalue weighted by molar-refractivity contribution is 0.00530. The van der Waals surface area contributed by atoms with Gasteiger partial charge in [-0.05, 0) is 12.8 Å². The second kappa shape index (κ2) is 2.84. The predicted octanol–water partition coefficient (Wildman–Crippen LogP) is -1.84.